The second kappa shape index (κ2) is 15.0. The molecule has 322 valence electrons. The highest BCUT2D eigenvalue weighted by Gasteiger charge is 2.73. The molecule has 0 bridgehead atoms. The van der Waals surface area contributed by atoms with Gasteiger partial charge >= 0.3 is 0 Å². The average Bonchev–Trinajstić information content (AvgIpc) is 3.24. The van der Waals surface area contributed by atoms with Crippen molar-refractivity contribution < 1.29 is 87.8 Å². The van der Waals surface area contributed by atoms with Crippen molar-refractivity contribution in [1.82, 2.24) is 0 Å². The van der Waals surface area contributed by atoms with Crippen LogP contribution in [0.15, 0.2) is 71.8 Å². The largest absolute Gasteiger partial charge is 0.233 e. The van der Waals surface area contributed by atoms with Gasteiger partial charge in [-0.2, -0.15) is 0 Å². The van der Waals surface area contributed by atoms with Crippen LogP contribution in [0.5, 0.6) is 0 Å². The summed E-state index contributed by atoms with van der Waals surface area (Å²) in [5.41, 5.74) is -20.4. The van der Waals surface area contributed by atoms with Gasteiger partial charge in [0.05, 0.1) is 0 Å². The van der Waals surface area contributed by atoms with E-state index >= 15 is 74.6 Å². The molecule has 61 heavy (non-hydrogen) atoms. The van der Waals surface area contributed by atoms with Gasteiger partial charge in [-0.1, -0.05) is 73.5 Å². The quantitative estimate of drug-likeness (QED) is 0.0661. The molecule has 0 amide bonds. The minimum atomic E-state index is -7.61. The van der Waals surface area contributed by atoms with Gasteiger partial charge in [-0.05, 0) is 29.3 Å². The van der Waals surface area contributed by atoms with Gasteiger partial charge in [-0.25, -0.2) is 87.8 Å². The van der Waals surface area contributed by atoms with E-state index in [1.807, 2.05) is 0 Å². The number of benzene rings is 5. The van der Waals surface area contributed by atoms with E-state index in [9.17, 15) is 13.2 Å². The average molecular weight is 889 g/mol. The van der Waals surface area contributed by atoms with Gasteiger partial charge in [0, 0.05) is 0 Å². The van der Waals surface area contributed by atoms with Crippen molar-refractivity contribution in [1.29, 1.82) is 0 Å². The molecule has 0 spiro atoms. The number of alkyl halides is 1. The second-order valence-electron chi connectivity index (χ2n) is 14.2. The number of rotatable bonds is 7. The summed E-state index contributed by atoms with van der Waals surface area (Å²) in [4.78, 5) is 0. The molecule has 0 fully saturated rings. The van der Waals surface area contributed by atoms with Gasteiger partial charge in [0.2, 0.25) is 0 Å². The van der Waals surface area contributed by atoms with Gasteiger partial charge in [0.15, 0.2) is 75.5 Å². The molecular weight excluding hydrogens is 871 g/mol. The van der Waals surface area contributed by atoms with Crippen LogP contribution in [0.25, 0.3) is 0 Å². The van der Waals surface area contributed by atoms with Gasteiger partial charge in [-0.3, -0.25) is 0 Å². The zero-order valence-electron chi connectivity index (χ0n) is 30.3. The van der Waals surface area contributed by atoms with E-state index in [1.54, 1.807) is 0 Å². The molecule has 0 aromatic heterocycles. The Morgan fingerprint density at radius 3 is 0.967 bits per heavy atom. The van der Waals surface area contributed by atoms with Crippen LogP contribution in [0.1, 0.15) is 42.0 Å². The monoisotopic (exact) mass is 889 g/mol. The lowest BCUT2D eigenvalue weighted by Gasteiger charge is -2.63. The molecule has 0 heterocycles. The van der Waals surface area contributed by atoms with Crippen molar-refractivity contribution in [2.75, 3.05) is 0 Å². The fourth-order valence-corrected chi connectivity index (χ4v) is 8.26. The topological polar surface area (TPSA) is 0 Å². The smallest absolute Gasteiger partial charge is 0.200 e. The van der Waals surface area contributed by atoms with Crippen molar-refractivity contribution in [3.05, 3.63) is 181 Å². The highest BCUT2D eigenvalue weighted by molar-refractivity contribution is 7.14. The predicted octanol–water partition coefficient (Wildman–Crippen LogP) is 11.3. The molecule has 1 aliphatic carbocycles. The van der Waals surface area contributed by atoms with Gasteiger partial charge in [-0.15, -0.1) is 16.4 Å². The van der Waals surface area contributed by atoms with Gasteiger partial charge in [0.1, 0.15) is 46.9 Å². The third kappa shape index (κ3) is 5.62. The number of hydrogen-bond acceptors (Lipinski definition) is 0. The summed E-state index contributed by atoms with van der Waals surface area (Å²) in [6, 6.07) is 3.29. The Labute approximate surface area is 329 Å². The van der Waals surface area contributed by atoms with Crippen molar-refractivity contribution in [3.8, 4) is 0 Å². The molecular formula is C40H18BF20-. The van der Waals surface area contributed by atoms with Crippen LogP contribution in [-0.2, 0) is 11.0 Å². The van der Waals surface area contributed by atoms with Crippen LogP contribution in [-0.4, -0.2) is 6.15 Å². The SMILES string of the molecule is Cc1ccc(C2(F)C(F)=C(F)C(F)=C(F)C2(c2ccc(C(C)C)cc2)[B-](c2c(F)c(F)c(F)c(F)c2F)(c2c(F)c(F)c(F)c(F)c2F)c2c(F)c(F)c(F)c(F)c2F)cc1. The Kier molecular flexibility index (Phi) is 11.0. The third-order valence-electron chi connectivity index (χ3n) is 10.9. The van der Waals surface area contributed by atoms with E-state index in [4.69, 9.17) is 0 Å². The maximum atomic E-state index is 19.3. The van der Waals surface area contributed by atoms with E-state index in [2.05, 4.69) is 0 Å². The Bertz CT molecular complexity index is 2490. The van der Waals surface area contributed by atoms with Crippen molar-refractivity contribution >= 4 is 22.5 Å². The van der Waals surface area contributed by atoms with Crippen LogP contribution in [0.3, 0.4) is 0 Å². The molecule has 0 N–H and O–H groups in total. The fourth-order valence-electron chi connectivity index (χ4n) is 8.26. The first kappa shape index (κ1) is 44.8. The maximum absolute atomic E-state index is 19.3. The molecule has 2 unspecified atom stereocenters. The fraction of sp³-hybridized carbons (Fsp3) is 0.150. The minimum Gasteiger partial charge on any atom is -0.233 e. The highest BCUT2D eigenvalue weighted by atomic mass is 19.2. The third-order valence-corrected chi connectivity index (χ3v) is 10.9. The van der Waals surface area contributed by atoms with Crippen LogP contribution < -0.4 is 16.4 Å². The zero-order chi connectivity index (χ0) is 45.7. The number of hydrogen-bond donors (Lipinski definition) is 0. The van der Waals surface area contributed by atoms with Crippen molar-refractivity contribution in [3.63, 3.8) is 0 Å². The molecule has 5 aromatic carbocycles. The summed E-state index contributed by atoms with van der Waals surface area (Å²) < 4.78 is 325. The van der Waals surface area contributed by atoms with Crippen molar-refractivity contribution in [2.24, 2.45) is 0 Å². The van der Waals surface area contributed by atoms with Crippen LogP contribution in [0.2, 0.25) is 0 Å². The summed E-state index contributed by atoms with van der Waals surface area (Å²) in [6.07, 6.45) is -7.61. The minimum absolute atomic E-state index is 0.0434. The van der Waals surface area contributed by atoms with Gasteiger partial charge < -0.3 is 0 Å². The second-order valence-corrected chi connectivity index (χ2v) is 14.2. The lowest BCUT2D eigenvalue weighted by atomic mass is 9.03. The van der Waals surface area contributed by atoms with E-state index < -0.39 is 161 Å². The molecule has 1 aliphatic rings. The molecule has 0 radical (unpaired) electrons. The summed E-state index contributed by atoms with van der Waals surface area (Å²) >= 11 is 0. The number of aryl methyl sites for hydroxylation is 1. The lowest BCUT2D eigenvalue weighted by Crippen LogP contribution is -2.86. The first-order chi connectivity index (χ1) is 28.3. The first-order valence-corrected chi connectivity index (χ1v) is 17.0. The Balaban J connectivity index is 2.26. The van der Waals surface area contributed by atoms with E-state index in [1.165, 1.54) is 13.8 Å². The summed E-state index contributed by atoms with van der Waals surface area (Å²) in [5.74, 6) is -68.7. The molecule has 0 aliphatic heterocycles. The Morgan fingerprint density at radius 1 is 0.377 bits per heavy atom. The summed E-state index contributed by atoms with van der Waals surface area (Å²) in [7, 11) is 0. The van der Waals surface area contributed by atoms with E-state index in [0.717, 1.165) is 6.92 Å². The van der Waals surface area contributed by atoms with Gasteiger partial charge in [0.25, 0.3) is 0 Å². The first-order valence-electron chi connectivity index (χ1n) is 17.0. The molecule has 21 heteroatoms. The molecule has 6 rings (SSSR count). The maximum Gasteiger partial charge on any atom is 0.200 e. The van der Waals surface area contributed by atoms with Crippen LogP contribution in [0.4, 0.5) is 87.8 Å². The lowest BCUT2D eigenvalue weighted by molar-refractivity contribution is 0.0935. The number of allylic oxidation sites excluding steroid dienone is 4. The standard InChI is InChI=1S/C40H18BF20/c1-12(2)14-6-10-15(11-7-14)39(37(59)35(57)36(58)38(60)40(39,61)16-8-4-13(3)5-9-16)41(17-20(42)26(48)32(54)27(49)21(17)43,18-22(44)28(50)33(55)29(51)23(18)45)19-24(46)30(52)34(56)31(53)25(19)47/h4-12H,1-3H3/q-1. The zero-order valence-corrected chi connectivity index (χ0v) is 30.3. The normalized spacial score (nSPS) is 18.6. The van der Waals surface area contributed by atoms with Crippen molar-refractivity contribution in [2.45, 2.75) is 37.7 Å². The Morgan fingerprint density at radius 2 is 0.656 bits per heavy atom. The van der Waals surface area contributed by atoms with E-state index in [0.29, 0.717) is 24.3 Å². The summed E-state index contributed by atoms with van der Waals surface area (Å²) in [6.45, 7) is 3.89. The molecule has 5 aromatic rings. The molecule has 0 saturated carbocycles. The molecule has 2 atom stereocenters. The molecule has 0 saturated heterocycles. The predicted molar refractivity (Wildman–Crippen MR) is 178 cm³/mol. The van der Waals surface area contributed by atoms with Crippen LogP contribution >= 0.6 is 0 Å². The van der Waals surface area contributed by atoms with Crippen LogP contribution in [0, 0.1) is 94.2 Å². The highest BCUT2D eigenvalue weighted by Crippen LogP contribution is 2.64. The van der Waals surface area contributed by atoms with E-state index in [-0.39, 0.29) is 35.4 Å². The summed E-state index contributed by atoms with van der Waals surface area (Å²) in [5, 5.41) is -5.75. The number of halogens is 20. The Hall–Kier alpha value is -5.76. The molecule has 0 nitrogen and oxygen atoms in total.